The molecule has 1 aromatic heterocycles. The highest BCUT2D eigenvalue weighted by Crippen LogP contribution is 2.29. The van der Waals surface area contributed by atoms with E-state index in [2.05, 4.69) is 0 Å². The van der Waals surface area contributed by atoms with Crippen LogP contribution in [0.15, 0.2) is 70.9 Å². The molecule has 0 unspecified atom stereocenters. The van der Waals surface area contributed by atoms with E-state index in [0.29, 0.717) is 23.0 Å². The second-order valence-corrected chi connectivity index (χ2v) is 10.9. The lowest BCUT2D eigenvalue weighted by molar-refractivity contribution is 0.0695. The van der Waals surface area contributed by atoms with Gasteiger partial charge in [0.1, 0.15) is 16.6 Å². The number of hydrogen-bond acceptors (Lipinski definition) is 5. The molecular formula is C22H21ClN2O4S2. The van der Waals surface area contributed by atoms with Crippen molar-refractivity contribution in [1.82, 2.24) is 9.21 Å². The first-order valence-electron chi connectivity index (χ1n) is 9.75. The summed E-state index contributed by atoms with van der Waals surface area (Å²) in [6.07, 6.45) is 0. The fourth-order valence-corrected chi connectivity index (χ4v) is 6.46. The molecule has 0 N–H and O–H groups in total. The van der Waals surface area contributed by atoms with E-state index in [1.54, 1.807) is 17.0 Å². The Hall–Kier alpha value is -2.39. The Kier molecular flexibility index (Phi) is 6.62. The van der Waals surface area contributed by atoms with Crippen molar-refractivity contribution in [3.8, 4) is 5.75 Å². The molecule has 1 amide bonds. The summed E-state index contributed by atoms with van der Waals surface area (Å²) >= 11 is 6.93. The van der Waals surface area contributed by atoms with Crippen LogP contribution in [-0.2, 0) is 16.6 Å². The van der Waals surface area contributed by atoms with Gasteiger partial charge in [-0.05, 0) is 30.3 Å². The molecule has 3 aromatic rings. The zero-order valence-corrected chi connectivity index (χ0v) is 19.0. The third kappa shape index (κ3) is 4.93. The lowest BCUT2D eigenvalue weighted by Crippen LogP contribution is -2.50. The van der Waals surface area contributed by atoms with Gasteiger partial charge in [0.15, 0.2) is 0 Å². The van der Waals surface area contributed by atoms with Crippen LogP contribution in [0.4, 0.5) is 0 Å². The standard InChI is InChI=1S/C22H21ClN2O4S2/c23-20-10-11-21(30-20)31(27,28)25-14-12-24(13-15-25)22(26)19-9-5-4-6-17(19)16-29-18-7-2-1-3-8-18/h1-11H,12-16H2. The van der Waals surface area contributed by atoms with Gasteiger partial charge in [0.2, 0.25) is 0 Å². The molecule has 1 aliphatic heterocycles. The number of benzene rings is 2. The van der Waals surface area contributed by atoms with Crippen LogP contribution >= 0.6 is 22.9 Å². The van der Waals surface area contributed by atoms with E-state index in [1.807, 2.05) is 48.5 Å². The number of ether oxygens (including phenoxy) is 1. The number of nitrogens with zero attached hydrogens (tertiary/aromatic N) is 2. The molecule has 1 aliphatic rings. The first-order valence-corrected chi connectivity index (χ1v) is 12.4. The van der Waals surface area contributed by atoms with Crippen molar-refractivity contribution >= 4 is 38.9 Å². The predicted molar refractivity (Wildman–Crippen MR) is 121 cm³/mol. The summed E-state index contributed by atoms with van der Waals surface area (Å²) < 4.78 is 33.4. The van der Waals surface area contributed by atoms with Crippen molar-refractivity contribution in [3.63, 3.8) is 0 Å². The van der Waals surface area contributed by atoms with Gasteiger partial charge in [-0.2, -0.15) is 4.31 Å². The quantitative estimate of drug-likeness (QED) is 0.536. The van der Waals surface area contributed by atoms with Crippen LogP contribution in [0, 0.1) is 0 Å². The molecular weight excluding hydrogens is 456 g/mol. The number of carbonyl (C=O) groups is 1. The monoisotopic (exact) mass is 476 g/mol. The van der Waals surface area contributed by atoms with E-state index in [4.69, 9.17) is 16.3 Å². The molecule has 1 saturated heterocycles. The number of halogens is 1. The van der Waals surface area contributed by atoms with Crippen molar-refractivity contribution in [2.24, 2.45) is 0 Å². The second kappa shape index (κ2) is 9.40. The van der Waals surface area contributed by atoms with Crippen LogP contribution in [0.1, 0.15) is 15.9 Å². The number of carbonyl (C=O) groups excluding carboxylic acids is 1. The lowest BCUT2D eigenvalue weighted by Gasteiger charge is -2.34. The van der Waals surface area contributed by atoms with Gasteiger partial charge in [0, 0.05) is 37.3 Å². The van der Waals surface area contributed by atoms with E-state index in [9.17, 15) is 13.2 Å². The van der Waals surface area contributed by atoms with Gasteiger partial charge in [-0.3, -0.25) is 4.79 Å². The molecule has 0 atom stereocenters. The van der Waals surface area contributed by atoms with E-state index in [0.717, 1.165) is 22.6 Å². The highest BCUT2D eigenvalue weighted by Gasteiger charge is 2.31. The first kappa shape index (κ1) is 21.8. The van der Waals surface area contributed by atoms with Crippen LogP contribution in [0.3, 0.4) is 0 Å². The van der Waals surface area contributed by atoms with Crippen molar-refractivity contribution in [2.45, 2.75) is 10.8 Å². The summed E-state index contributed by atoms with van der Waals surface area (Å²) in [4.78, 5) is 14.8. The van der Waals surface area contributed by atoms with Crippen molar-refractivity contribution in [1.29, 1.82) is 0 Å². The second-order valence-electron chi connectivity index (χ2n) is 7.01. The first-order chi connectivity index (χ1) is 14.9. The zero-order chi connectivity index (χ0) is 21.8. The van der Waals surface area contributed by atoms with Gasteiger partial charge >= 0.3 is 0 Å². The maximum Gasteiger partial charge on any atom is 0.254 e. The summed E-state index contributed by atoms with van der Waals surface area (Å²) in [5, 5.41) is 0. The van der Waals surface area contributed by atoms with E-state index in [1.165, 1.54) is 10.4 Å². The molecule has 0 spiro atoms. The Balaban J connectivity index is 1.42. The Labute approximate surface area is 190 Å². The van der Waals surface area contributed by atoms with Gasteiger partial charge in [-0.15, -0.1) is 11.3 Å². The molecule has 9 heteroatoms. The Morgan fingerprint density at radius 1 is 0.935 bits per heavy atom. The molecule has 162 valence electrons. The van der Waals surface area contributed by atoms with E-state index in [-0.39, 0.29) is 29.8 Å². The average Bonchev–Trinajstić information content (AvgIpc) is 3.25. The molecule has 6 nitrogen and oxygen atoms in total. The lowest BCUT2D eigenvalue weighted by atomic mass is 10.1. The van der Waals surface area contributed by atoms with Gasteiger partial charge in [0.25, 0.3) is 15.9 Å². The smallest absolute Gasteiger partial charge is 0.254 e. The van der Waals surface area contributed by atoms with Crippen LogP contribution in [0.25, 0.3) is 0 Å². The van der Waals surface area contributed by atoms with Crippen molar-refractivity contribution in [2.75, 3.05) is 26.2 Å². The summed E-state index contributed by atoms with van der Waals surface area (Å²) in [6, 6.07) is 19.9. The largest absolute Gasteiger partial charge is 0.489 e. The number of thiophene rings is 1. The number of sulfonamides is 1. The van der Waals surface area contributed by atoms with Crippen molar-refractivity contribution in [3.05, 3.63) is 82.2 Å². The van der Waals surface area contributed by atoms with Crippen LogP contribution < -0.4 is 4.74 Å². The number of para-hydroxylation sites is 1. The Morgan fingerprint density at radius 3 is 2.29 bits per heavy atom. The number of piperazine rings is 1. The molecule has 2 aromatic carbocycles. The summed E-state index contributed by atoms with van der Waals surface area (Å²) in [6.45, 7) is 1.41. The van der Waals surface area contributed by atoms with E-state index < -0.39 is 10.0 Å². The molecule has 2 heterocycles. The molecule has 0 radical (unpaired) electrons. The molecule has 0 saturated carbocycles. The van der Waals surface area contributed by atoms with Gasteiger partial charge in [-0.1, -0.05) is 48.0 Å². The van der Waals surface area contributed by atoms with Crippen LogP contribution in [-0.4, -0.2) is 49.7 Å². The molecule has 4 rings (SSSR count). The summed E-state index contributed by atoms with van der Waals surface area (Å²) in [7, 11) is -3.59. The predicted octanol–water partition coefficient (Wildman–Crippen LogP) is 4.13. The molecule has 1 fully saturated rings. The Morgan fingerprint density at radius 2 is 1.61 bits per heavy atom. The maximum atomic E-state index is 13.1. The topological polar surface area (TPSA) is 66.9 Å². The maximum absolute atomic E-state index is 13.1. The zero-order valence-electron chi connectivity index (χ0n) is 16.6. The highest BCUT2D eigenvalue weighted by molar-refractivity contribution is 7.91. The SMILES string of the molecule is O=C(c1ccccc1COc1ccccc1)N1CCN(S(=O)(=O)c2ccc(Cl)s2)CC1. The highest BCUT2D eigenvalue weighted by atomic mass is 35.5. The Bertz CT molecular complexity index is 1160. The summed E-state index contributed by atoms with van der Waals surface area (Å²) in [5.74, 6) is 0.612. The average molecular weight is 477 g/mol. The minimum atomic E-state index is -3.59. The van der Waals surface area contributed by atoms with E-state index >= 15 is 0 Å². The van der Waals surface area contributed by atoms with Gasteiger partial charge < -0.3 is 9.64 Å². The molecule has 0 bridgehead atoms. The van der Waals surface area contributed by atoms with Gasteiger partial charge in [0.05, 0.1) is 4.34 Å². The summed E-state index contributed by atoms with van der Waals surface area (Å²) in [5.41, 5.74) is 1.36. The third-order valence-corrected chi connectivity index (χ3v) is 8.65. The number of hydrogen-bond donors (Lipinski definition) is 0. The number of amides is 1. The fraction of sp³-hybridized carbons (Fsp3) is 0.227. The molecule has 31 heavy (non-hydrogen) atoms. The third-order valence-electron chi connectivity index (χ3n) is 5.05. The van der Waals surface area contributed by atoms with Crippen LogP contribution in [0.5, 0.6) is 5.75 Å². The number of rotatable bonds is 6. The minimum Gasteiger partial charge on any atom is -0.489 e. The van der Waals surface area contributed by atoms with Crippen molar-refractivity contribution < 1.29 is 17.9 Å². The van der Waals surface area contributed by atoms with Crippen LogP contribution in [0.2, 0.25) is 4.34 Å². The fourth-order valence-electron chi connectivity index (χ4n) is 3.40. The van der Waals surface area contributed by atoms with Gasteiger partial charge in [-0.25, -0.2) is 8.42 Å². The minimum absolute atomic E-state index is 0.122. The molecule has 0 aliphatic carbocycles. The normalized spacial score (nSPS) is 15.1.